The summed E-state index contributed by atoms with van der Waals surface area (Å²) < 4.78 is 30.1. The summed E-state index contributed by atoms with van der Waals surface area (Å²) in [4.78, 5) is 34.2. The average molecular weight is 526 g/mol. The molecule has 0 aliphatic heterocycles. The molecule has 1 amide bonds. The molecule has 1 N–H and O–H groups in total. The van der Waals surface area contributed by atoms with Gasteiger partial charge in [0.15, 0.2) is 0 Å². The smallest absolute Gasteiger partial charge is 0.333 e. The molecule has 0 unspecified atom stereocenters. The predicted molar refractivity (Wildman–Crippen MR) is 137 cm³/mol. The number of para-hydroxylation sites is 2. The Hall–Kier alpha value is -3.59. The molecule has 0 bridgehead atoms. The topological polar surface area (TPSA) is 81.8 Å². The number of benzene rings is 1. The average Bonchev–Trinajstić information content (AvgIpc) is 3.16. The van der Waals surface area contributed by atoms with Crippen molar-refractivity contribution in [3.8, 4) is 5.69 Å². The number of nitrogens with zero attached hydrogens (tertiary/aromatic N) is 4. The van der Waals surface area contributed by atoms with Gasteiger partial charge in [-0.3, -0.25) is 23.9 Å². The van der Waals surface area contributed by atoms with Gasteiger partial charge >= 0.3 is 5.69 Å². The van der Waals surface area contributed by atoms with E-state index >= 15 is 0 Å². The van der Waals surface area contributed by atoms with E-state index in [4.69, 9.17) is 11.6 Å². The quantitative estimate of drug-likeness (QED) is 0.362. The highest BCUT2D eigenvalue weighted by atomic mass is 35.5. The van der Waals surface area contributed by atoms with Gasteiger partial charge in [-0.05, 0) is 68.9 Å². The molecule has 1 saturated carbocycles. The van der Waals surface area contributed by atoms with E-state index in [-0.39, 0.29) is 28.2 Å². The van der Waals surface area contributed by atoms with Gasteiger partial charge in [0.1, 0.15) is 5.69 Å². The molecular weight excluding hydrogens is 500 g/mol. The Labute approximate surface area is 217 Å². The number of aromatic nitrogens is 4. The molecule has 4 aromatic rings. The van der Waals surface area contributed by atoms with Crippen LogP contribution in [0.1, 0.15) is 53.9 Å². The summed E-state index contributed by atoms with van der Waals surface area (Å²) in [5.41, 5.74) is 2.39. The number of imidazole rings is 1. The first kappa shape index (κ1) is 25.1. The van der Waals surface area contributed by atoms with Gasteiger partial charge in [-0.2, -0.15) is 0 Å². The predicted octanol–water partition coefficient (Wildman–Crippen LogP) is 5.47. The largest absolute Gasteiger partial charge is 0.349 e. The number of nitrogens with one attached hydrogen (secondary N) is 1. The number of alkyl halides is 2. The van der Waals surface area contributed by atoms with Crippen LogP contribution in [0.2, 0.25) is 5.02 Å². The summed E-state index contributed by atoms with van der Waals surface area (Å²) in [6, 6.07) is 12.6. The first-order chi connectivity index (χ1) is 17.8. The van der Waals surface area contributed by atoms with Crippen LogP contribution in [-0.4, -0.2) is 31.1 Å². The third-order valence-electron chi connectivity index (χ3n) is 6.95. The van der Waals surface area contributed by atoms with Crippen LogP contribution in [0.15, 0.2) is 59.7 Å². The standard InChI is InChI=1S/C27H26ClF2N5O2/c1-16-6-11-20(14-31-16)35-23-5-3-2-4-22(23)34(27(35)37)15-17-7-9-19(10-8-17)33-26(36)21-12-18(28)13-32-24(21)25(29)30/h2-6,11-14,17,19,25H,7-10,15H2,1H3,(H,33,36). The van der Waals surface area contributed by atoms with Crippen LogP contribution < -0.4 is 11.0 Å². The number of hydrogen-bond donors (Lipinski definition) is 1. The van der Waals surface area contributed by atoms with Crippen molar-refractivity contribution >= 4 is 28.5 Å². The van der Waals surface area contributed by atoms with E-state index in [1.54, 1.807) is 10.8 Å². The van der Waals surface area contributed by atoms with Crippen molar-refractivity contribution in [3.63, 3.8) is 0 Å². The van der Waals surface area contributed by atoms with Crippen LogP contribution in [0.4, 0.5) is 8.78 Å². The molecule has 192 valence electrons. The Bertz CT molecular complexity index is 1490. The van der Waals surface area contributed by atoms with Crippen molar-refractivity contribution in [2.45, 2.75) is 51.6 Å². The summed E-state index contributed by atoms with van der Waals surface area (Å²) in [7, 11) is 0. The van der Waals surface area contributed by atoms with Gasteiger partial charge in [-0.25, -0.2) is 13.6 Å². The van der Waals surface area contributed by atoms with Gasteiger partial charge in [0.05, 0.1) is 33.5 Å². The Morgan fingerprint density at radius 3 is 2.49 bits per heavy atom. The first-order valence-electron chi connectivity index (χ1n) is 12.2. The zero-order chi connectivity index (χ0) is 26.1. The van der Waals surface area contributed by atoms with E-state index in [9.17, 15) is 18.4 Å². The number of halogens is 3. The maximum atomic E-state index is 13.5. The first-order valence-corrected chi connectivity index (χ1v) is 12.6. The molecule has 1 aliphatic rings. The SMILES string of the molecule is Cc1ccc(-n2c(=O)n(CC3CCC(NC(=O)c4cc(Cl)cnc4C(F)F)CC3)c3ccccc32)cn1. The van der Waals surface area contributed by atoms with E-state index in [1.165, 1.54) is 6.07 Å². The molecule has 1 aromatic carbocycles. The second-order valence-corrected chi connectivity index (χ2v) is 9.89. The summed E-state index contributed by atoms with van der Waals surface area (Å²) in [6.07, 6.45) is 2.89. The second kappa shape index (κ2) is 10.4. The van der Waals surface area contributed by atoms with Crippen molar-refractivity contribution in [1.29, 1.82) is 0 Å². The summed E-state index contributed by atoms with van der Waals surface area (Å²) in [5.74, 6) is -0.356. The lowest BCUT2D eigenvalue weighted by Crippen LogP contribution is -2.39. The second-order valence-electron chi connectivity index (χ2n) is 9.45. The van der Waals surface area contributed by atoms with Crippen LogP contribution in [0.25, 0.3) is 16.7 Å². The number of hydrogen-bond acceptors (Lipinski definition) is 4. The molecule has 0 spiro atoms. The molecule has 3 heterocycles. The molecule has 0 atom stereocenters. The number of carbonyl (C=O) groups is 1. The molecule has 3 aromatic heterocycles. The van der Waals surface area contributed by atoms with Gasteiger partial charge in [0.2, 0.25) is 0 Å². The fourth-order valence-corrected chi connectivity index (χ4v) is 5.20. The van der Waals surface area contributed by atoms with Crippen molar-refractivity contribution < 1.29 is 13.6 Å². The summed E-state index contributed by atoms with van der Waals surface area (Å²) >= 11 is 5.89. The van der Waals surface area contributed by atoms with Gasteiger partial charge in [0.25, 0.3) is 12.3 Å². The van der Waals surface area contributed by atoms with Crippen molar-refractivity contribution in [2.24, 2.45) is 5.92 Å². The van der Waals surface area contributed by atoms with E-state index < -0.39 is 18.0 Å². The normalized spacial score (nSPS) is 17.9. The zero-order valence-corrected chi connectivity index (χ0v) is 21.0. The molecule has 5 rings (SSSR count). The molecule has 0 radical (unpaired) electrons. The number of amides is 1. The lowest BCUT2D eigenvalue weighted by molar-refractivity contribution is 0.0904. The van der Waals surface area contributed by atoms with Crippen LogP contribution >= 0.6 is 11.6 Å². The molecule has 10 heteroatoms. The van der Waals surface area contributed by atoms with Crippen LogP contribution in [0.5, 0.6) is 0 Å². The van der Waals surface area contributed by atoms with Crippen LogP contribution in [0, 0.1) is 12.8 Å². The number of carbonyl (C=O) groups excluding carboxylic acids is 1. The maximum absolute atomic E-state index is 13.5. The van der Waals surface area contributed by atoms with Crippen molar-refractivity contribution in [1.82, 2.24) is 24.4 Å². The fraction of sp³-hybridized carbons (Fsp3) is 0.333. The summed E-state index contributed by atoms with van der Waals surface area (Å²) in [5, 5.41) is 2.99. The molecule has 7 nitrogen and oxygen atoms in total. The maximum Gasteiger partial charge on any atom is 0.333 e. The monoisotopic (exact) mass is 525 g/mol. The molecular formula is C27H26ClF2N5O2. The van der Waals surface area contributed by atoms with E-state index in [2.05, 4.69) is 15.3 Å². The van der Waals surface area contributed by atoms with Gasteiger partial charge in [-0.1, -0.05) is 23.7 Å². The van der Waals surface area contributed by atoms with E-state index in [0.29, 0.717) is 19.4 Å². The number of aryl methyl sites for hydroxylation is 1. The van der Waals surface area contributed by atoms with Gasteiger partial charge in [-0.15, -0.1) is 0 Å². The minimum Gasteiger partial charge on any atom is -0.349 e. The molecule has 0 saturated heterocycles. The van der Waals surface area contributed by atoms with E-state index in [1.807, 2.05) is 47.9 Å². The third kappa shape index (κ3) is 5.13. The number of fused-ring (bicyclic) bond motifs is 1. The highest BCUT2D eigenvalue weighted by molar-refractivity contribution is 6.30. The Kier molecular flexibility index (Phi) is 7.06. The lowest BCUT2D eigenvalue weighted by Gasteiger charge is -2.29. The van der Waals surface area contributed by atoms with Crippen molar-refractivity contribution in [3.05, 3.63) is 87.3 Å². The number of pyridine rings is 2. The van der Waals surface area contributed by atoms with Crippen LogP contribution in [-0.2, 0) is 6.54 Å². The molecule has 1 fully saturated rings. The lowest BCUT2D eigenvalue weighted by atomic mass is 9.85. The zero-order valence-electron chi connectivity index (χ0n) is 20.2. The third-order valence-corrected chi connectivity index (χ3v) is 7.16. The Morgan fingerprint density at radius 2 is 1.81 bits per heavy atom. The Morgan fingerprint density at radius 1 is 1.08 bits per heavy atom. The summed E-state index contributed by atoms with van der Waals surface area (Å²) in [6.45, 7) is 2.46. The minimum absolute atomic E-state index is 0.115. The number of rotatable bonds is 6. The van der Waals surface area contributed by atoms with Gasteiger partial charge in [0, 0.05) is 24.5 Å². The van der Waals surface area contributed by atoms with E-state index in [0.717, 1.165) is 41.5 Å². The Balaban J connectivity index is 1.30. The fourth-order valence-electron chi connectivity index (χ4n) is 5.04. The molecule has 1 aliphatic carbocycles. The van der Waals surface area contributed by atoms with Gasteiger partial charge < -0.3 is 5.32 Å². The van der Waals surface area contributed by atoms with Crippen molar-refractivity contribution in [2.75, 3.05) is 0 Å². The minimum atomic E-state index is -2.87. The molecule has 37 heavy (non-hydrogen) atoms. The van der Waals surface area contributed by atoms with Crippen LogP contribution in [0.3, 0.4) is 0 Å². The highest BCUT2D eigenvalue weighted by Crippen LogP contribution is 2.28. The highest BCUT2D eigenvalue weighted by Gasteiger charge is 2.27.